The van der Waals surface area contributed by atoms with Crippen LogP contribution in [0.4, 0.5) is 5.13 Å². The van der Waals surface area contributed by atoms with Crippen LogP contribution in [0, 0.1) is 11.3 Å². The van der Waals surface area contributed by atoms with E-state index in [9.17, 15) is 0 Å². The second-order valence-corrected chi connectivity index (χ2v) is 5.77. The standard InChI is InChI=1S/C9H13N5S2/c1-13-3-5-14(6-4-13)8-11-12-9(16-8)15-7-2-10/h3-7H2,1H3. The zero-order valence-electron chi connectivity index (χ0n) is 9.09. The van der Waals surface area contributed by atoms with Crippen molar-refractivity contribution in [3.05, 3.63) is 0 Å². The molecule has 1 aliphatic rings. The summed E-state index contributed by atoms with van der Waals surface area (Å²) in [4.78, 5) is 4.57. The topological polar surface area (TPSA) is 56.1 Å². The second kappa shape index (κ2) is 5.48. The molecule has 1 fully saturated rings. The van der Waals surface area contributed by atoms with Crippen LogP contribution >= 0.6 is 23.1 Å². The summed E-state index contributed by atoms with van der Waals surface area (Å²) in [5.74, 6) is 0.442. The van der Waals surface area contributed by atoms with Crippen LogP contribution in [0.3, 0.4) is 0 Å². The molecule has 1 aromatic heterocycles. The number of nitriles is 1. The van der Waals surface area contributed by atoms with Gasteiger partial charge >= 0.3 is 0 Å². The van der Waals surface area contributed by atoms with Crippen LogP contribution in [0.25, 0.3) is 0 Å². The van der Waals surface area contributed by atoms with E-state index in [1.54, 1.807) is 11.3 Å². The molecule has 0 saturated carbocycles. The first-order valence-electron chi connectivity index (χ1n) is 5.06. The highest BCUT2D eigenvalue weighted by Crippen LogP contribution is 2.28. The van der Waals surface area contributed by atoms with Gasteiger partial charge in [-0.2, -0.15) is 5.26 Å². The van der Waals surface area contributed by atoms with Gasteiger partial charge in [0.2, 0.25) is 5.13 Å². The number of piperazine rings is 1. The molecule has 2 rings (SSSR count). The van der Waals surface area contributed by atoms with Gasteiger partial charge < -0.3 is 9.80 Å². The third-order valence-electron chi connectivity index (χ3n) is 2.43. The fourth-order valence-electron chi connectivity index (χ4n) is 1.48. The summed E-state index contributed by atoms with van der Waals surface area (Å²) in [5, 5.41) is 17.7. The molecule has 0 spiro atoms. The fraction of sp³-hybridized carbons (Fsp3) is 0.667. The molecule has 0 radical (unpaired) electrons. The van der Waals surface area contributed by atoms with Crippen molar-refractivity contribution < 1.29 is 0 Å². The van der Waals surface area contributed by atoms with Gasteiger partial charge in [-0.1, -0.05) is 23.1 Å². The van der Waals surface area contributed by atoms with Crippen molar-refractivity contribution in [1.82, 2.24) is 15.1 Å². The smallest absolute Gasteiger partial charge is 0.209 e. The van der Waals surface area contributed by atoms with Gasteiger partial charge in [-0.3, -0.25) is 0 Å². The van der Waals surface area contributed by atoms with Crippen molar-refractivity contribution in [2.24, 2.45) is 0 Å². The zero-order chi connectivity index (χ0) is 11.4. The van der Waals surface area contributed by atoms with Gasteiger partial charge in [0.15, 0.2) is 4.34 Å². The molecule has 16 heavy (non-hydrogen) atoms. The lowest BCUT2D eigenvalue weighted by molar-refractivity contribution is 0.312. The Hall–Kier alpha value is -0.840. The third kappa shape index (κ3) is 2.84. The normalized spacial score (nSPS) is 17.4. The summed E-state index contributed by atoms with van der Waals surface area (Å²) < 4.78 is 0.885. The first-order valence-corrected chi connectivity index (χ1v) is 6.86. The molecular formula is C9H13N5S2. The van der Waals surface area contributed by atoms with Gasteiger partial charge in [0.25, 0.3) is 0 Å². The van der Waals surface area contributed by atoms with Crippen molar-refractivity contribution in [3.63, 3.8) is 0 Å². The van der Waals surface area contributed by atoms with Crippen molar-refractivity contribution in [2.45, 2.75) is 4.34 Å². The zero-order valence-corrected chi connectivity index (χ0v) is 10.7. The predicted octanol–water partition coefficient (Wildman–Crippen LogP) is 0.906. The van der Waals surface area contributed by atoms with Crippen LogP contribution in [-0.2, 0) is 0 Å². The van der Waals surface area contributed by atoms with Gasteiger partial charge in [0.1, 0.15) is 0 Å². The Balaban J connectivity index is 1.94. The molecule has 1 aliphatic heterocycles. The van der Waals surface area contributed by atoms with E-state index >= 15 is 0 Å². The minimum Gasteiger partial charge on any atom is -0.344 e. The summed E-state index contributed by atoms with van der Waals surface area (Å²) in [6.45, 7) is 4.16. The van der Waals surface area contributed by atoms with Gasteiger partial charge in [-0.25, -0.2) is 0 Å². The van der Waals surface area contributed by atoms with E-state index in [1.165, 1.54) is 11.8 Å². The molecule has 0 aromatic carbocycles. The van der Waals surface area contributed by atoms with Gasteiger partial charge in [0, 0.05) is 26.2 Å². The Morgan fingerprint density at radius 3 is 2.81 bits per heavy atom. The van der Waals surface area contributed by atoms with Crippen LogP contribution in [0.5, 0.6) is 0 Å². The van der Waals surface area contributed by atoms with E-state index in [4.69, 9.17) is 5.26 Å². The molecule has 0 atom stereocenters. The van der Waals surface area contributed by atoms with Crippen LogP contribution in [0.1, 0.15) is 0 Å². The number of hydrogen-bond donors (Lipinski definition) is 0. The van der Waals surface area contributed by atoms with E-state index in [2.05, 4.69) is 33.1 Å². The van der Waals surface area contributed by atoms with Gasteiger partial charge in [-0.05, 0) is 7.05 Å². The number of anilines is 1. The monoisotopic (exact) mass is 255 g/mol. The Labute approximate surface area is 103 Å². The maximum atomic E-state index is 8.48. The fourth-order valence-corrected chi connectivity index (χ4v) is 3.03. The summed E-state index contributed by atoms with van der Waals surface area (Å²) >= 11 is 3.03. The molecule has 7 heteroatoms. The molecule has 0 amide bonds. The first-order chi connectivity index (χ1) is 7.79. The summed E-state index contributed by atoms with van der Waals surface area (Å²) in [6, 6.07) is 2.09. The molecule has 0 N–H and O–H groups in total. The van der Waals surface area contributed by atoms with Crippen molar-refractivity contribution in [1.29, 1.82) is 5.26 Å². The summed E-state index contributed by atoms with van der Waals surface area (Å²) in [5.41, 5.74) is 0. The van der Waals surface area contributed by atoms with Crippen molar-refractivity contribution in [2.75, 3.05) is 43.9 Å². The van der Waals surface area contributed by atoms with E-state index in [-0.39, 0.29) is 0 Å². The Bertz CT molecular complexity index is 377. The average Bonchev–Trinajstić information content (AvgIpc) is 2.76. The lowest BCUT2D eigenvalue weighted by Crippen LogP contribution is -2.44. The maximum Gasteiger partial charge on any atom is 0.209 e. The molecule has 2 heterocycles. The number of rotatable bonds is 3. The number of nitrogens with zero attached hydrogens (tertiary/aromatic N) is 5. The Morgan fingerprint density at radius 2 is 2.12 bits per heavy atom. The molecule has 1 aromatic rings. The van der Waals surface area contributed by atoms with Crippen LogP contribution in [0.15, 0.2) is 4.34 Å². The van der Waals surface area contributed by atoms with Crippen LogP contribution < -0.4 is 4.90 Å². The lowest BCUT2D eigenvalue weighted by atomic mass is 10.3. The maximum absolute atomic E-state index is 8.48. The van der Waals surface area contributed by atoms with E-state index in [0.717, 1.165) is 35.7 Å². The summed E-state index contributed by atoms with van der Waals surface area (Å²) in [7, 11) is 2.13. The molecule has 0 unspecified atom stereocenters. The van der Waals surface area contributed by atoms with Gasteiger partial charge in [0.05, 0.1) is 11.8 Å². The van der Waals surface area contributed by atoms with E-state index in [0.29, 0.717) is 5.75 Å². The molecular weight excluding hydrogens is 242 g/mol. The number of thioether (sulfide) groups is 1. The molecule has 86 valence electrons. The quantitative estimate of drug-likeness (QED) is 0.748. The SMILES string of the molecule is CN1CCN(c2nnc(SCC#N)s2)CC1. The van der Waals surface area contributed by atoms with Crippen molar-refractivity contribution >= 4 is 28.2 Å². The van der Waals surface area contributed by atoms with Crippen molar-refractivity contribution in [3.8, 4) is 6.07 Å². The third-order valence-corrected chi connectivity index (χ3v) is 4.41. The number of likely N-dealkylation sites (N-methyl/N-ethyl adjacent to an activating group) is 1. The van der Waals surface area contributed by atoms with E-state index < -0.39 is 0 Å². The minimum absolute atomic E-state index is 0.442. The average molecular weight is 255 g/mol. The van der Waals surface area contributed by atoms with E-state index in [1.807, 2.05) is 0 Å². The highest BCUT2D eigenvalue weighted by molar-refractivity contribution is 8.01. The molecule has 1 saturated heterocycles. The summed E-state index contributed by atoms with van der Waals surface area (Å²) in [6.07, 6.45) is 0. The Kier molecular flexibility index (Phi) is 3.98. The first kappa shape index (κ1) is 11.6. The second-order valence-electron chi connectivity index (χ2n) is 3.59. The highest BCUT2D eigenvalue weighted by Gasteiger charge is 2.17. The predicted molar refractivity (Wildman–Crippen MR) is 66.0 cm³/mol. The van der Waals surface area contributed by atoms with Crippen LogP contribution in [-0.4, -0.2) is 54.1 Å². The molecule has 0 bridgehead atoms. The lowest BCUT2D eigenvalue weighted by Gasteiger charge is -2.31. The highest BCUT2D eigenvalue weighted by atomic mass is 32.2. The minimum atomic E-state index is 0.442. The van der Waals surface area contributed by atoms with Gasteiger partial charge in [-0.15, -0.1) is 10.2 Å². The van der Waals surface area contributed by atoms with Crippen LogP contribution in [0.2, 0.25) is 0 Å². The number of aromatic nitrogens is 2. The Morgan fingerprint density at radius 1 is 1.38 bits per heavy atom. The largest absolute Gasteiger partial charge is 0.344 e. The molecule has 5 nitrogen and oxygen atoms in total. The number of hydrogen-bond acceptors (Lipinski definition) is 7. The molecule has 0 aliphatic carbocycles.